The monoisotopic (exact) mass is 352 g/mol. The lowest BCUT2D eigenvalue weighted by Crippen LogP contribution is -2.41. The highest BCUT2D eigenvalue weighted by Gasteiger charge is 2.22. The molecular formula is C16H17ClN2O3S. The molecular weight excluding hydrogens is 336 g/mol. The zero-order chi connectivity index (χ0) is 17.0. The predicted molar refractivity (Wildman–Crippen MR) is 91.0 cm³/mol. The lowest BCUT2D eigenvalue weighted by Gasteiger charge is -2.15. The molecule has 0 saturated carbocycles. The van der Waals surface area contributed by atoms with Crippen LogP contribution in [0.3, 0.4) is 0 Å². The van der Waals surface area contributed by atoms with E-state index in [1.807, 2.05) is 19.1 Å². The number of benzene rings is 2. The molecule has 0 unspecified atom stereocenters. The minimum absolute atomic E-state index is 0.0532. The first-order chi connectivity index (χ1) is 10.8. The van der Waals surface area contributed by atoms with Crippen LogP contribution in [0.5, 0.6) is 0 Å². The first kappa shape index (κ1) is 17.5. The van der Waals surface area contributed by atoms with Gasteiger partial charge in [0.05, 0.1) is 10.9 Å². The van der Waals surface area contributed by atoms with Gasteiger partial charge in [0.2, 0.25) is 15.9 Å². The van der Waals surface area contributed by atoms with Gasteiger partial charge in [-0.3, -0.25) is 4.79 Å². The molecule has 0 aliphatic heterocycles. The number of anilines is 1. The molecule has 5 nitrogen and oxygen atoms in total. The third-order valence-corrected chi connectivity index (χ3v) is 5.06. The van der Waals surface area contributed by atoms with Crippen LogP contribution in [0.4, 0.5) is 5.69 Å². The van der Waals surface area contributed by atoms with Crippen LogP contribution < -0.4 is 10.0 Å². The molecule has 0 saturated heterocycles. The number of nitrogens with one attached hydrogen (secondary N) is 2. The van der Waals surface area contributed by atoms with E-state index in [9.17, 15) is 13.2 Å². The molecule has 2 aromatic carbocycles. The molecule has 23 heavy (non-hydrogen) atoms. The summed E-state index contributed by atoms with van der Waals surface area (Å²) in [5.74, 6) is -0.433. The number of sulfonamides is 1. The van der Waals surface area contributed by atoms with E-state index in [1.54, 1.807) is 12.1 Å². The van der Waals surface area contributed by atoms with Gasteiger partial charge < -0.3 is 5.32 Å². The number of carbonyl (C=O) groups excluding carboxylic acids is 1. The summed E-state index contributed by atoms with van der Waals surface area (Å²) in [6, 6.07) is 12.1. The third-order valence-electron chi connectivity index (χ3n) is 3.25. The quantitative estimate of drug-likeness (QED) is 0.868. The number of aryl methyl sites for hydroxylation is 1. The molecule has 2 aromatic rings. The second-order valence-electron chi connectivity index (χ2n) is 5.10. The number of hydrogen-bond acceptors (Lipinski definition) is 3. The van der Waals surface area contributed by atoms with E-state index in [0.717, 1.165) is 5.56 Å². The van der Waals surface area contributed by atoms with E-state index in [2.05, 4.69) is 10.0 Å². The summed E-state index contributed by atoms with van der Waals surface area (Å²) < 4.78 is 26.8. The topological polar surface area (TPSA) is 75.3 Å². The van der Waals surface area contributed by atoms with Crippen LogP contribution in [-0.4, -0.2) is 20.4 Å². The summed E-state index contributed by atoms with van der Waals surface area (Å²) in [7, 11) is -3.79. The van der Waals surface area contributed by atoms with Gasteiger partial charge >= 0.3 is 0 Å². The van der Waals surface area contributed by atoms with Crippen molar-refractivity contribution in [3.05, 3.63) is 59.1 Å². The maximum absolute atomic E-state index is 12.2. The van der Waals surface area contributed by atoms with Crippen LogP contribution in [0.15, 0.2) is 53.4 Å². The summed E-state index contributed by atoms with van der Waals surface area (Å²) in [4.78, 5) is 12.2. The van der Waals surface area contributed by atoms with Crippen LogP contribution in [0.25, 0.3) is 0 Å². The lowest BCUT2D eigenvalue weighted by molar-refractivity contribution is -0.117. The molecule has 122 valence electrons. The lowest BCUT2D eigenvalue weighted by atomic mass is 10.2. The van der Waals surface area contributed by atoms with Crippen LogP contribution in [-0.2, 0) is 14.8 Å². The van der Waals surface area contributed by atoms with E-state index in [0.29, 0.717) is 10.7 Å². The predicted octanol–water partition coefficient (Wildman–Crippen LogP) is 2.95. The zero-order valence-corrected chi connectivity index (χ0v) is 14.3. The highest BCUT2D eigenvalue weighted by molar-refractivity contribution is 7.89. The SMILES string of the molecule is Cc1ccccc1NC(=O)[C@@H](C)NS(=O)(=O)c1ccc(Cl)cc1. The summed E-state index contributed by atoms with van der Waals surface area (Å²) in [6.45, 7) is 3.35. The molecule has 0 aromatic heterocycles. The van der Waals surface area contributed by atoms with Crippen LogP contribution in [0.2, 0.25) is 5.02 Å². The van der Waals surface area contributed by atoms with Crippen molar-refractivity contribution in [3.8, 4) is 0 Å². The molecule has 0 fully saturated rings. The Morgan fingerprint density at radius 1 is 1.09 bits per heavy atom. The van der Waals surface area contributed by atoms with Crippen molar-refractivity contribution >= 4 is 33.2 Å². The van der Waals surface area contributed by atoms with Crippen molar-refractivity contribution in [2.45, 2.75) is 24.8 Å². The summed E-state index contributed by atoms with van der Waals surface area (Å²) >= 11 is 5.74. The first-order valence-corrected chi connectivity index (χ1v) is 8.80. The van der Waals surface area contributed by atoms with Gasteiger partial charge in [-0.05, 0) is 49.7 Å². The highest BCUT2D eigenvalue weighted by Crippen LogP contribution is 2.16. The Morgan fingerprint density at radius 2 is 1.70 bits per heavy atom. The molecule has 0 heterocycles. The van der Waals surface area contributed by atoms with Crippen molar-refractivity contribution in [2.24, 2.45) is 0 Å². The number of amides is 1. The number of para-hydroxylation sites is 1. The van der Waals surface area contributed by atoms with E-state index < -0.39 is 22.0 Å². The van der Waals surface area contributed by atoms with Gasteiger partial charge in [0.25, 0.3) is 0 Å². The fraction of sp³-hybridized carbons (Fsp3) is 0.188. The largest absolute Gasteiger partial charge is 0.324 e. The van der Waals surface area contributed by atoms with Gasteiger partial charge in [0.15, 0.2) is 0 Å². The minimum atomic E-state index is -3.79. The van der Waals surface area contributed by atoms with Crippen molar-refractivity contribution in [3.63, 3.8) is 0 Å². The molecule has 0 radical (unpaired) electrons. The molecule has 0 aliphatic carbocycles. The normalized spacial score (nSPS) is 12.7. The average molecular weight is 353 g/mol. The summed E-state index contributed by atoms with van der Waals surface area (Å²) in [5.41, 5.74) is 1.55. The molecule has 2 rings (SSSR count). The number of halogens is 1. The van der Waals surface area contributed by atoms with E-state index >= 15 is 0 Å². The molecule has 1 atom stereocenters. The highest BCUT2D eigenvalue weighted by atomic mass is 35.5. The Kier molecular flexibility index (Phi) is 5.41. The third kappa shape index (κ3) is 4.54. The number of rotatable bonds is 5. The Morgan fingerprint density at radius 3 is 2.30 bits per heavy atom. The number of carbonyl (C=O) groups is 1. The Labute approximate surface area is 140 Å². The molecule has 7 heteroatoms. The Bertz CT molecular complexity index is 804. The number of hydrogen-bond donors (Lipinski definition) is 2. The fourth-order valence-electron chi connectivity index (χ4n) is 1.92. The zero-order valence-electron chi connectivity index (χ0n) is 12.7. The molecule has 0 bridgehead atoms. The van der Waals surface area contributed by atoms with Gasteiger partial charge in [-0.15, -0.1) is 0 Å². The van der Waals surface area contributed by atoms with E-state index in [4.69, 9.17) is 11.6 Å². The molecule has 0 aliphatic rings. The van der Waals surface area contributed by atoms with Gasteiger partial charge in [-0.25, -0.2) is 8.42 Å². The second-order valence-corrected chi connectivity index (χ2v) is 7.25. The van der Waals surface area contributed by atoms with Crippen molar-refractivity contribution in [2.75, 3.05) is 5.32 Å². The molecule has 2 N–H and O–H groups in total. The molecule has 1 amide bonds. The average Bonchev–Trinajstić information content (AvgIpc) is 2.49. The van der Waals surface area contributed by atoms with E-state index in [-0.39, 0.29) is 4.90 Å². The van der Waals surface area contributed by atoms with E-state index in [1.165, 1.54) is 31.2 Å². The van der Waals surface area contributed by atoms with Crippen LogP contribution in [0, 0.1) is 6.92 Å². The standard InChI is InChI=1S/C16H17ClN2O3S/c1-11-5-3-4-6-15(11)18-16(20)12(2)19-23(21,22)14-9-7-13(17)8-10-14/h3-10,12,19H,1-2H3,(H,18,20)/t12-/m1/s1. The van der Waals surface area contributed by atoms with Gasteiger partial charge in [-0.2, -0.15) is 4.72 Å². The second kappa shape index (κ2) is 7.12. The van der Waals surface area contributed by atoms with Crippen LogP contribution in [0.1, 0.15) is 12.5 Å². The van der Waals surface area contributed by atoms with Crippen LogP contribution >= 0.6 is 11.6 Å². The fourth-order valence-corrected chi connectivity index (χ4v) is 3.25. The maximum Gasteiger partial charge on any atom is 0.242 e. The Balaban J connectivity index is 2.08. The van der Waals surface area contributed by atoms with Gasteiger partial charge in [0, 0.05) is 10.7 Å². The summed E-state index contributed by atoms with van der Waals surface area (Å²) in [6.07, 6.45) is 0. The van der Waals surface area contributed by atoms with Crippen molar-refractivity contribution < 1.29 is 13.2 Å². The summed E-state index contributed by atoms with van der Waals surface area (Å²) in [5, 5.41) is 3.15. The van der Waals surface area contributed by atoms with Gasteiger partial charge in [0.1, 0.15) is 0 Å². The maximum atomic E-state index is 12.2. The minimum Gasteiger partial charge on any atom is -0.324 e. The Hall–Kier alpha value is -1.89. The van der Waals surface area contributed by atoms with Crippen molar-refractivity contribution in [1.29, 1.82) is 0 Å². The van der Waals surface area contributed by atoms with Gasteiger partial charge in [-0.1, -0.05) is 29.8 Å². The van der Waals surface area contributed by atoms with Crippen molar-refractivity contribution in [1.82, 2.24) is 4.72 Å². The smallest absolute Gasteiger partial charge is 0.242 e. The molecule has 0 spiro atoms. The first-order valence-electron chi connectivity index (χ1n) is 6.94.